The lowest BCUT2D eigenvalue weighted by molar-refractivity contribution is -0.137. The summed E-state index contributed by atoms with van der Waals surface area (Å²) in [5.74, 6) is 0.392. The monoisotopic (exact) mass is 558 g/mol. The number of benzene rings is 3. The first-order valence-electron chi connectivity index (χ1n) is 12.2. The van der Waals surface area contributed by atoms with Crippen molar-refractivity contribution in [1.82, 2.24) is 14.5 Å². The molecule has 8 heteroatoms. The summed E-state index contributed by atoms with van der Waals surface area (Å²) in [6.07, 6.45) is 2.57. The van der Waals surface area contributed by atoms with Crippen LogP contribution in [0.25, 0.3) is 21.8 Å². The van der Waals surface area contributed by atoms with E-state index >= 15 is 0 Å². The molecule has 0 aliphatic rings. The Bertz CT molecular complexity index is 1550. The first-order valence-corrected chi connectivity index (χ1v) is 13.0. The molecule has 0 radical (unpaired) electrons. The molecule has 0 saturated carbocycles. The number of ether oxygens (including phenoxy) is 1. The Hall–Kier alpha value is -3.91. The number of carboxylic acid groups (broad SMARTS) is 1. The van der Waals surface area contributed by atoms with E-state index in [-0.39, 0.29) is 0 Å². The van der Waals surface area contributed by atoms with Crippen LogP contribution in [0.4, 0.5) is 5.82 Å². The number of aromatic nitrogens is 3. The highest BCUT2D eigenvalue weighted by atomic mass is 79.9. The standard InChI is InChI=1S/C29H27BrN4O3/c1-2-23-26(30)25-27(33-22(29(35)36)17-19-9-4-3-5-10-19)31-18-32-28(25)34(23)15-16-37-24-14-8-12-20-11-6-7-13-21(20)24/h3-14,18,22H,2,15-17H2,1H3,(H,35,36)(H,31,32,33)/t22-/m1/s1. The highest BCUT2D eigenvalue weighted by molar-refractivity contribution is 9.10. The Balaban J connectivity index is 1.42. The van der Waals surface area contributed by atoms with Crippen molar-refractivity contribution < 1.29 is 14.6 Å². The Morgan fingerprint density at radius 1 is 1.05 bits per heavy atom. The van der Waals surface area contributed by atoms with E-state index in [0.29, 0.717) is 25.4 Å². The van der Waals surface area contributed by atoms with Gasteiger partial charge in [-0.25, -0.2) is 14.8 Å². The summed E-state index contributed by atoms with van der Waals surface area (Å²) in [7, 11) is 0. The molecular weight excluding hydrogens is 532 g/mol. The molecule has 2 heterocycles. The number of nitrogens with one attached hydrogen (secondary N) is 1. The summed E-state index contributed by atoms with van der Waals surface area (Å²) >= 11 is 3.75. The highest BCUT2D eigenvalue weighted by Crippen LogP contribution is 2.35. The lowest BCUT2D eigenvalue weighted by Crippen LogP contribution is -2.32. The largest absolute Gasteiger partial charge is 0.491 e. The molecule has 2 N–H and O–H groups in total. The normalized spacial score (nSPS) is 12.1. The van der Waals surface area contributed by atoms with Crippen molar-refractivity contribution in [3.05, 3.63) is 94.9 Å². The molecule has 3 aromatic carbocycles. The second-order valence-electron chi connectivity index (χ2n) is 8.74. The van der Waals surface area contributed by atoms with Gasteiger partial charge in [-0.15, -0.1) is 0 Å². The molecule has 0 bridgehead atoms. The predicted octanol–water partition coefficient (Wildman–Crippen LogP) is 6.10. The Morgan fingerprint density at radius 3 is 2.59 bits per heavy atom. The van der Waals surface area contributed by atoms with Crippen molar-refractivity contribution in [3.8, 4) is 5.75 Å². The van der Waals surface area contributed by atoms with Crippen LogP contribution in [0.5, 0.6) is 5.75 Å². The number of carbonyl (C=O) groups is 1. The second-order valence-corrected chi connectivity index (χ2v) is 9.53. The quantitative estimate of drug-likeness (QED) is 0.215. The molecule has 0 amide bonds. The number of hydrogen-bond donors (Lipinski definition) is 2. The number of fused-ring (bicyclic) bond motifs is 2. The van der Waals surface area contributed by atoms with Gasteiger partial charge in [0.1, 0.15) is 36.2 Å². The topological polar surface area (TPSA) is 89.3 Å². The SMILES string of the molecule is CCc1c(Br)c2c(N[C@H](Cc3ccccc3)C(=O)O)ncnc2n1CCOc1cccc2ccccc12. The summed E-state index contributed by atoms with van der Waals surface area (Å²) < 4.78 is 9.18. The van der Waals surface area contributed by atoms with Gasteiger partial charge in [0.05, 0.1) is 16.4 Å². The molecular formula is C29H27BrN4O3. The number of nitrogens with zero attached hydrogens (tertiary/aromatic N) is 3. The minimum atomic E-state index is -0.939. The second kappa shape index (κ2) is 11.0. The zero-order chi connectivity index (χ0) is 25.8. The summed E-state index contributed by atoms with van der Waals surface area (Å²) in [5.41, 5.74) is 2.71. The van der Waals surface area contributed by atoms with Gasteiger partial charge in [-0.1, -0.05) is 73.7 Å². The van der Waals surface area contributed by atoms with Crippen LogP contribution in [0.15, 0.2) is 83.6 Å². The minimum Gasteiger partial charge on any atom is -0.491 e. The lowest BCUT2D eigenvalue weighted by Gasteiger charge is -2.16. The van der Waals surface area contributed by atoms with Crippen LogP contribution < -0.4 is 10.1 Å². The van der Waals surface area contributed by atoms with Crippen LogP contribution in [-0.4, -0.2) is 38.3 Å². The molecule has 1 atom stereocenters. The van der Waals surface area contributed by atoms with E-state index < -0.39 is 12.0 Å². The smallest absolute Gasteiger partial charge is 0.326 e. The number of anilines is 1. The van der Waals surface area contributed by atoms with Gasteiger partial charge in [0, 0.05) is 17.5 Å². The number of rotatable bonds is 10. The molecule has 188 valence electrons. The number of hydrogen-bond acceptors (Lipinski definition) is 5. The summed E-state index contributed by atoms with van der Waals surface area (Å²) in [4.78, 5) is 21.1. The molecule has 7 nitrogen and oxygen atoms in total. The third-order valence-corrected chi connectivity index (χ3v) is 7.28. The van der Waals surface area contributed by atoms with Gasteiger partial charge < -0.3 is 19.7 Å². The average Bonchev–Trinajstić information content (AvgIpc) is 3.20. The van der Waals surface area contributed by atoms with Crippen molar-refractivity contribution in [1.29, 1.82) is 0 Å². The van der Waals surface area contributed by atoms with Crippen molar-refractivity contribution in [2.24, 2.45) is 0 Å². The zero-order valence-electron chi connectivity index (χ0n) is 20.4. The van der Waals surface area contributed by atoms with E-state index in [0.717, 1.165) is 49.7 Å². The van der Waals surface area contributed by atoms with Crippen molar-refractivity contribution in [3.63, 3.8) is 0 Å². The molecule has 0 saturated heterocycles. The third-order valence-electron chi connectivity index (χ3n) is 6.43. The summed E-state index contributed by atoms with van der Waals surface area (Å²) in [6.45, 7) is 3.12. The average molecular weight is 559 g/mol. The minimum absolute atomic E-state index is 0.333. The zero-order valence-corrected chi connectivity index (χ0v) is 22.0. The van der Waals surface area contributed by atoms with Crippen LogP contribution >= 0.6 is 15.9 Å². The van der Waals surface area contributed by atoms with Gasteiger partial charge >= 0.3 is 5.97 Å². The Kier molecular flexibility index (Phi) is 7.37. The maximum absolute atomic E-state index is 12.1. The molecule has 5 aromatic rings. The van der Waals surface area contributed by atoms with E-state index in [4.69, 9.17) is 4.74 Å². The van der Waals surface area contributed by atoms with Gasteiger partial charge in [0.2, 0.25) is 0 Å². The summed E-state index contributed by atoms with van der Waals surface area (Å²) in [5, 5.41) is 16.0. The summed E-state index contributed by atoms with van der Waals surface area (Å²) in [6, 6.07) is 22.9. The van der Waals surface area contributed by atoms with Crippen LogP contribution in [0.2, 0.25) is 0 Å². The Morgan fingerprint density at radius 2 is 1.81 bits per heavy atom. The maximum atomic E-state index is 12.1. The highest BCUT2D eigenvalue weighted by Gasteiger charge is 2.24. The number of halogens is 1. The fraction of sp³-hybridized carbons (Fsp3) is 0.207. The van der Waals surface area contributed by atoms with Gasteiger partial charge in [-0.2, -0.15) is 0 Å². The number of carboxylic acids is 1. The fourth-order valence-electron chi connectivity index (χ4n) is 4.65. The van der Waals surface area contributed by atoms with E-state index in [2.05, 4.69) is 60.9 Å². The van der Waals surface area contributed by atoms with Gasteiger partial charge in [-0.05, 0) is 39.4 Å². The first kappa shape index (κ1) is 24.8. The molecule has 0 aliphatic carbocycles. The van der Waals surface area contributed by atoms with E-state index in [1.807, 2.05) is 54.6 Å². The van der Waals surface area contributed by atoms with Crippen LogP contribution in [0.3, 0.4) is 0 Å². The molecule has 5 rings (SSSR count). The van der Waals surface area contributed by atoms with Crippen molar-refractivity contribution in [2.45, 2.75) is 32.4 Å². The van der Waals surface area contributed by atoms with Gasteiger partial charge in [-0.3, -0.25) is 0 Å². The van der Waals surface area contributed by atoms with Crippen LogP contribution in [-0.2, 0) is 24.2 Å². The third kappa shape index (κ3) is 5.15. The molecule has 0 aliphatic heterocycles. The molecule has 2 aromatic heterocycles. The fourth-order valence-corrected chi connectivity index (χ4v) is 5.51. The lowest BCUT2D eigenvalue weighted by atomic mass is 10.1. The van der Waals surface area contributed by atoms with E-state index in [9.17, 15) is 9.90 Å². The molecule has 0 unspecified atom stereocenters. The van der Waals surface area contributed by atoms with Crippen molar-refractivity contribution in [2.75, 3.05) is 11.9 Å². The van der Waals surface area contributed by atoms with Crippen LogP contribution in [0, 0.1) is 0 Å². The van der Waals surface area contributed by atoms with Crippen LogP contribution in [0.1, 0.15) is 18.2 Å². The first-order chi connectivity index (χ1) is 18.1. The Labute approximate surface area is 223 Å². The van der Waals surface area contributed by atoms with Crippen molar-refractivity contribution >= 4 is 49.5 Å². The predicted molar refractivity (Wildman–Crippen MR) is 149 cm³/mol. The molecule has 37 heavy (non-hydrogen) atoms. The maximum Gasteiger partial charge on any atom is 0.326 e. The molecule has 0 fully saturated rings. The van der Waals surface area contributed by atoms with Gasteiger partial charge in [0.15, 0.2) is 0 Å². The van der Waals surface area contributed by atoms with Gasteiger partial charge in [0.25, 0.3) is 0 Å². The molecule has 0 spiro atoms. The van der Waals surface area contributed by atoms with E-state index in [1.54, 1.807) is 0 Å². The number of aliphatic carboxylic acids is 1. The van der Waals surface area contributed by atoms with E-state index in [1.165, 1.54) is 6.33 Å².